The number of hydrogen-bond donors (Lipinski definition) is 2. The number of nitrogens with one attached hydrogen (secondary N) is 2. The summed E-state index contributed by atoms with van der Waals surface area (Å²) in [6.07, 6.45) is 0.0939. The third-order valence-corrected chi connectivity index (χ3v) is 5.52. The summed E-state index contributed by atoms with van der Waals surface area (Å²) in [6, 6.07) is 13.0. The zero-order valence-corrected chi connectivity index (χ0v) is 15.5. The van der Waals surface area contributed by atoms with Crippen molar-refractivity contribution in [3.05, 3.63) is 48.5 Å². The van der Waals surface area contributed by atoms with E-state index in [4.69, 9.17) is 4.74 Å². The van der Waals surface area contributed by atoms with E-state index < -0.39 is 10.0 Å². The molecular weight excluding hydrogens is 370 g/mol. The lowest BCUT2D eigenvalue weighted by Crippen LogP contribution is -2.40. The fourth-order valence-corrected chi connectivity index (χ4v) is 3.40. The van der Waals surface area contributed by atoms with Crippen molar-refractivity contribution >= 4 is 33.2 Å². The maximum atomic E-state index is 12.2. The number of benzene rings is 2. The quantitative estimate of drug-likeness (QED) is 0.776. The number of nitrogens with zero attached hydrogens (tertiary/aromatic N) is 1. The van der Waals surface area contributed by atoms with Crippen molar-refractivity contribution in [2.75, 3.05) is 30.4 Å². The number of ether oxygens (including phenoxy) is 1. The molecule has 0 spiro atoms. The van der Waals surface area contributed by atoms with E-state index in [-0.39, 0.29) is 36.3 Å². The Morgan fingerprint density at radius 1 is 1.15 bits per heavy atom. The number of hydrogen-bond acceptors (Lipinski definition) is 5. The van der Waals surface area contributed by atoms with Crippen LogP contribution in [0.15, 0.2) is 53.4 Å². The monoisotopic (exact) mass is 389 g/mol. The van der Waals surface area contributed by atoms with Gasteiger partial charge in [0.1, 0.15) is 5.75 Å². The number of fused-ring (bicyclic) bond motifs is 1. The van der Waals surface area contributed by atoms with Gasteiger partial charge in [-0.05, 0) is 43.4 Å². The van der Waals surface area contributed by atoms with Gasteiger partial charge in [0.25, 0.3) is 5.91 Å². The van der Waals surface area contributed by atoms with Crippen molar-refractivity contribution in [3.63, 3.8) is 0 Å². The third kappa shape index (κ3) is 4.26. The molecule has 2 amide bonds. The molecule has 3 rings (SSSR count). The molecule has 1 aliphatic rings. The lowest BCUT2D eigenvalue weighted by atomic mass is 10.2. The molecular formula is C18H19N3O5S. The summed E-state index contributed by atoms with van der Waals surface area (Å²) in [6.45, 7) is 0.164. The first-order valence-electron chi connectivity index (χ1n) is 8.26. The Bertz CT molecular complexity index is 957. The average Bonchev–Trinajstić information content (AvgIpc) is 2.67. The van der Waals surface area contributed by atoms with Crippen LogP contribution in [0.25, 0.3) is 0 Å². The van der Waals surface area contributed by atoms with Crippen molar-refractivity contribution in [1.29, 1.82) is 0 Å². The SMILES string of the molecule is CNS(=O)(=O)c1ccc(NC(=O)CCN2C(=O)COc3ccccc32)cc1. The molecule has 0 saturated carbocycles. The molecule has 2 aromatic rings. The highest BCUT2D eigenvalue weighted by Crippen LogP contribution is 2.31. The van der Waals surface area contributed by atoms with Crippen molar-refractivity contribution in [1.82, 2.24) is 4.72 Å². The molecule has 0 unspecified atom stereocenters. The molecule has 1 heterocycles. The van der Waals surface area contributed by atoms with Gasteiger partial charge in [-0.15, -0.1) is 0 Å². The maximum Gasteiger partial charge on any atom is 0.265 e. The summed E-state index contributed by atoms with van der Waals surface area (Å²) in [4.78, 5) is 25.9. The molecule has 0 atom stereocenters. The normalized spacial score (nSPS) is 13.7. The highest BCUT2D eigenvalue weighted by molar-refractivity contribution is 7.89. The standard InChI is InChI=1S/C18H19N3O5S/c1-19-27(24,25)14-8-6-13(7-9-14)20-17(22)10-11-21-15-4-2-3-5-16(15)26-12-18(21)23/h2-9,19H,10-12H2,1H3,(H,20,22). The second-order valence-electron chi connectivity index (χ2n) is 5.83. The second kappa shape index (κ2) is 7.77. The van der Waals surface area contributed by atoms with Gasteiger partial charge in [-0.1, -0.05) is 12.1 Å². The minimum atomic E-state index is -3.52. The van der Waals surface area contributed by atoms with Crippen LogP contribution < -0.4 is 19.7 Å². The van der Waals surface area contributed by atoms with Crippen LogP contribution in [-0.4, -0.2) is 40.4 Å². The summed E-state index contributed by atoms with van der Waals surface area (Å²) >= 11 is 0. The number of amides is 2. The molecule has 0 fully saturated rings. The van der Waals surface area contributed by atoms with Crippen LogP contribution in [0, 0.1) is 0 Å². The Balaban J connectivity index is 1.61. The van der Waals surface area contributed by atoms with Crippen molar-refractivity contribution in [2.24, 2.45) is 0 Å². The van der Waals surface area contributed by atoms with Gasteiger partial charge < -0.3 is 15.0 Å². The maximum absolute atomic E-state index is 12.2. The van der Waals surface area contributed by atoms with Crippen LogP contribution in [0.4, 0.5) is 11.4 Å². The molecule has 142 valence electrons. The molecule has 0 radical (unpaired) electrons. The Morgan fingerprint density at radius 3 is 2.56 bits per heavy atom. The minimum absolute atomic E-state index is 0.0555. The summed E-state index contributed by atoms with van der Waals surface area (Å²) in [5, 5.41) is 2.69. The molecule has 1 aliphatic heterocycles. The summed E-state index contributed by atoms with van der Waals surface area (Å²) in [5.41, 5.74) is 1.12. The fraction of sp³-hybridized carbons (Fsp3) is 0.222. The zero-order chi connectivity index (χ0) is 19.4. The van der Waals surface area contributed by atoms with Gasteiger partial charge in [0.2, 0.25) is 15.9 Å². The van der Waals surface area contributed by atoms with Crippen LogP contribution in [0.5, 0.6) is 5.75 Å². The Kier molecular flexibility index (Phi) is 5.43. The van der Waals surface area contributed by atoms with Crippen LogP contribution in [0.2, 0.25) is 0 Å². The van der Waals surface area contributed by atoms with Gasteiger partial charge in [0.05, 0.1) is 10.6 Å². The fourth-order valence-electron chi connectivity index (χ4n) is 2.67. The number of anilines is 2. The minimum Gasteiger partial charge on any atom is -0.482 e. The van der Waals surface area contributed by atoms with E-state index in [1.807, 2.05) is 6.07 Å². The van der Waals surface area contributed by atoms with Crippen molar-refractivity contribution in [2.45, 2.75) is 11.3 Å². The van der Waals surface area contributed by atoms with Crippen LogP contribution in [0.3, 0.4) is 0 Å². The molecule has 27 heavy (non-hydrogen) atoms. The first kappa shape index (κ1) is 18.9. The van der Waals surface area contributed by atoms with E-state index in [0.717, 1.165) is 0 Å². The number of carbonyl (C=O) groups is 2. The van der Waals surface area contributed by atoms with E-state index in [9.17, 15) is 18.0 Å². The summed E-state index contributed by atoms with van der Waals surface area (Å²) in [5.74, 6) is 0.123. The molecule has 0 aromatic heterocycles. The average molecular weight is 389 g/mol. The molecule has 2 aromatic carbocycles. The molecule has 9 heteroatoms. The van der Waals surface area contributed by atoms with Gasteiger partial charge in [-0.2, -0.15) is 0 Å². The van der Waals surface area contributed by atoms with E-state index in [2.05, 4.69) is 10.0 Å². The highest BCUT2D eigenvalue weighted by atomic mass is 32.2. The van der Waals surface area contributed by atoms with Crippen LogP contribution in [0.1, 0.15) is 6.42 Å². The molecule has 0 bridgehead atoms. The highest BCUT2D eigenvalue weighted by Gasteiger charge is 2.25. The Hall–Kier alpha value is -2.91. The topological polar surface area (TPSA) is 105 Å². The van der Waals surface area contributed by atoms with Crippen molar-refractivity contribution < 1.29 is 22.7 Å². The first-order chi connectivity index (χ1) is 12.9. The van der Waals surface area contributed by atoms with Gasteiger partial charge in [-0.3, -0.25) is 9.59 Å². The molecule has 0 aliphatic carbocycles. The predicted octanol–water partition coefficient (Wildman–Crippen LogP) is 1.35. The van der Waals surface area contributed by atoms with E-state index in [0.29, 0.717) is 17.1 Å². The zero-order valence-electron chi connectivity index (χ0n) is 14.6. The Morgan fingerprint density at radius 2 is 1.85 bits per heavy atom. The molecule has 8 nitrogen and oxygen atoms in total. The van der Waals surface area contributed by atoms with E-state index in [1.165, 1.54) is 36.2 Å². The van der Waals surface area contributed by atoms with Gasteiger partial charge >= 0.3 is 0 Å². The number of sulfonamides is 1. The first-order valence-corrected chi connectivity index (χ1v) is 9.75. The van der Waals surface area contributed by atoms with Gasteiger partial charge in [-0.25, -0.2) is 13.1 Å². The van der Waals surface area contributed by atoms with E-state index in [1.54, 1.807) is 18.2 Å². The van der Waals surface area contributed by atoms with Crippen LogP contribution in [-0.2, 0) is 19.6 Å². The number of carbonyl (C=O) groups excluding carboxylic acids is 2. The smallest absolute Gasteiger partial charge is 0.265 e. The lowest BCUT2D eigenvalue weighted by molar-refractivity contribution is -0.121. The van der Waals surface area contributed by atoms with Crippen LogP contribution >= 0.6 is 0 Å². The Labute approximate surface area is 157 Å². The molecule has 0 saturated heterocycles. The third-order valence-electron chi connectivity index (χ3n) is 4.09. The lowest BCUT2D eigenvalue weighted by Gasteiger charge is -2.29. The molecule has 2 N–H and O–H groups in total. The van der Waals surface area contributed by atoms with Gasteiger partial charge in [0.15, 0.2) is 6.61 Å². The van der Waals surface area contributed by atoms with Gasteiger partial charge in [0, 0.05) is 18.7 Å². The van der Waals surface area contributed by atoms with E-state index >= 15 is 0 Å². The number of rotatable bonds is 6. The summed E-state index contributed by atoms with van der Waals surface area (Å²) in [7, 11) is -2.19. The summed E-state index contributed by atoms with van der Waals surface area (Å²) < 4.78 is 31.0. The largest absolute Gasteiger partial charge is 0.482 e. The predicted molar refractivity (Wildman–Crippen MR) is 100 cm³/mol. The number of para-hydroxylation sites is 2. The van der Waals surface area contributed by atoms with Crippen molar-refractivity contribution in [3.8, 4) is 5.75 Å². The second-order valence-corrected chi connectivity index (χ2v) is 7.72.